The van der Waals surface area contributed by atoms with Crippen LogP contribution in [-0.2, 0) is 42.7 Å². The number of amidine groups is 1. The van der Waals surface area contributed by atoms with Crippen LogP contribution in [0.5, 0.6) is 11.5 Å². The van der Waals surface area contributed by atoms with Crippen molar-refractivity contribution in [3.05, 3.63) is 218 Å². The molecule has 0 saturated heterocycles. The fourth-order valence-electron chi connectivity index (χ4n) is 13.1. The SMILES string of the molecule is Cc1cc(C)c(-c2cc(Oc3[c-]c4c(cc3C)C(C)(C)c3cc(C(C)(C)C)cc5c6cc(C)cnc6n-4c35)[c-]c(C3=NC(C)(C)[C@](C)(C(c4ccccc4)c4ccccc4)N3c3cc(C(C)(C)C)cc(C(C)(C)C)c3)c2)c(C)c1.[Pt+2]. The Kier molecular flexibility index (Phi) is 13.9. The fourth-order valence-corrected chi connectivity index (χ4v) is 13.1. The van der Waals surface area contributed by atoms with E-state index in [1.807, 2.05) is 6.20 Å². The third kappa shape index (κ3) is 9.38. The average Bonchev–Trinajstić information content (AvgIpc) is 3.99. The van der Waals surface area contributed by atoms with E-state index in [4.69, 9.17) is 14.7 Å². The van der Waals surface area contributed by atoms with E-state index in [0.29, 0.717) is 11.5 Å². The summed E-state index contributed by atoms with van der Waals surface area (Å²) >= 11 is 0. The summed E-state index contributed by atoms with van der Waals surface area (Å²) in [6.45, 7) is 43.6. The molecule has 0 aliphatic carbocycles. The van der Waals surface area contributed by atoms with Crippen LogP contribution in [-0.4, -0.2) is 26.5 Å². The Morgan fingerprint density at radius 3 is 1.69 bits per heavy atom. The molecule has 412 valence electrons. The molecule has 0 spiro atoms. The van der Waals surface area contributed by atoms with Crippen LogP contribution < -0.4 is 9.64 Å². The Balaban J connectivity index is 0.00000720. The smallest absolute Gasteiger partial charge is 0.503 e. The summed E-state index contributed by atoms with van der Waals surface area (Å²) in [6.07, 6.45) is 1.99. The third-order valence-electron chi connectivity index (χ3n) is 17.8. The molecule has 6 heteroatoms. The van der Waals surface area contributed by atoms with Crippen LogP contribution in [0.15, 0.2) is 139 Å². The van der Waals surface area contributed by atoms with Gasteiger partial charge in [0, 0.05) is 40.1 Å². The van der Waals surface area contributed by atoms with Gasteiger partial charge < -0.3 is 19.2 Å². The zero-order chi connectivity index (χ0) is 56.7. The van der Waals surface area contributed by atoms with E-state index >= 15 is 0 Å². The molecule has 11 rings (SSSR count). The predicted octanol–water partition coefficient (Wildman–Crippen LogP) is 18.9. The van der Waals surface area contributed by atoms with E-state index in [-0.39, 0.29) is 48.6 Å². The van der Waals surface area contributed by atoms with Crippen LogP contribution in [0, 0.1) is 46.8 Å². The summed E-state index contributed by atoms with van der Waals surface area (Å²) in [6, 6.07) is 55.8. The van der Waals surface area contributed by atoms with Gasteiger partial charge in [-0.25, -0.2) is 4.98 Å². The number of ether oxygens (including phenoxy) is 1. The largest absolute Gasteiger partial charge is 2.00 e. The van der Waals surface area contributed by atoms with Crippen molar-refractivity contribution >= 4 is 33.5 Å². The van der Waals surface area contributed by atoms with Gasteiger partial charge in [-0.2, -0.15) is 6.07 Å². The summed E-state index contributed by atoms with van der Waals surface area (Å²) in [5, 5.41) is 2.37. The zero-order valence-corrected chi connectivity index (χ0v) is 53.1. The molecule has 1 atom stereocenters. The van der Waals surface area contributed by atoms with E-state index in [0.717, 1.165) is 50.5 Å². The van der Waals surface area contributed by atoms with Gasteiger partial charge in [0.1, 0.15) is 5.65 Å². The maximum absolute atomic E-state index is 7.40. The molecule has 2 aliphatic heterocycles. The van der Waals surface area contributed by atoms with Crippen molar-refractivity contribution in [1.82, 2.24) is 9.55 Å². The van der Waals surface area contributed by atoms with Crippen LogP contribution in [0.2, 0.25) is 0 Å². The molecule has 80 heavy (non-hydrogen) atoms. The summed E-state index contributed by atoms with van der Waals surface area (Å²) < 4.78 is 9.76. The number of pyridine rings is 1. The average molecular weight is 1240 g/mol. The van der Waals surface area contributed by atoms with E-state index in [2.05, 4.69) is 281 Å². The molecule has 0 saturated carbocycles. The molecule has 0 bridgehead atoms. The summed E-state index contributed by atoms with van der Waals surface area (Å²) in [4.78, 5) is 13.8. The number of rotatable bonds is 8. The van der Waals surface area contributed by atoms with Crippen LogP contribution in [0.1, 0.15) is 175 Å². The molecule has 7 aromatic carbocycles. The maximum atomic E-state index is 7.40. The summed E-state index contributed by atoms with van der Waals surface area (Å²) in [5.41, 5.74) is 19.9. The minimum Gasteiger partial charge on any atom is -0.503 e. The first-order valence-corrected chi connectivity index (χ1v) is 28.5. The van der Waals surface area contributed by atoms with Crippen molar-refractivity contribution in [1.29, 1.82) is 0 Å². The monoisotopic (exact) mass is 1240 g/mol. The fraction of sp³-hybridized carbons (Fsp3) is 0.351. The molecule has 9 aromatic rings. The van der Waals surface area contributed by atoms with Crippen LogP contribution in [0.3, 0.4) is 0 Å². The second kappa shape index (κ2) is 19.6. The first-order chi connectivity index (χ1) is 37.0. The Labute approximate surface area is 492 Å². The van der Waals surface area contributed by atoms with Crippen molar-refractivity contribution in [3.63, 3.8) is 0 Å². The van der Waals surface area contributed by atoms with Crippen LogP contribution in [0.4, 0.5) is 5.69 Å². The van der Waals surface area contributed by atoms with E-state index < -0.39 is 11.1 Å². The van der Waals surface area contributed by atoms with Gasteiger partial charge in [-0.05, 0) is 150 Å². The molecule has 0 N–H and O–H groups in total. The number of aromatic nitrogens is 2. The van der Waals surface area contributed by atoms with Crippen molar-refractivity contribution in [2.75, 3.05) is 4.90 Å². The number of fused-ring (bicyclic) bond motifs is 5. The van der Waals surface area contributed by atoms with Crippen molar-refractivity contribution in [3.8, 4) is 28.3 Å². The molecule has 0 fully saturated rings. The topological polar surface area (TPSA) is 42.6 Å². The number of nitrogens with zero attached hydrogens (tertiary/aromatic N) is 4. The quantitative estimate of drug-likeness (QED) is 0.142. The van der Waals surface area contributed by atoms with E-state index in [1.165, 1.54) is 72.1 Å². The number of aliphatic imine (C=N–C) groups is 1. The minimum atomic E-state index is -0.658. The Morgan fingerprint density at radius 2 is 1.12 bits per heavy atom. The van der Waals surface area contributed by atoms with Gasteiger partial charge in [0.05, 0.1) is 22.4 Å². The summed E-state index contributed by atoms with van der Waals surface area (Å²) in [7, 11) is 0. The second-order valence-electron chi connectivity index (χ2n) is 27.6. The van der Waals surface area contributed by atoms with Gasteiger partial charge in [-0.15, -0.1) is 28.8 Å². The molecule has 5 nitrogen and oxygen atoms in total. The Hall–Kier alpha value is -6.55. The van der Waals surface area contributed by atoms with Crippen molar-refractivity contribution in [2.24, 2.45) is 4.99 Å². The van der Waals surface area contributed by atoms with Gasteiger partial charge >= 0.3 is 21.1 Å². The Bertz CT molecular complexity index is 3860. The number of benzene rings is 7. The molecule has 0 radical (unpaired) electrons. The van der Waals surface area contributed by atoms with Crippen LogP contribution in [0.25, 0.3) is 38.8 Å². The van der Waals surface area contributed by atoms with Gasteiger partial charge in [-0.1, -0.05) is 197 Å². The molecule has 0 unspecified atom stereocenters. The normalized spacial score (nSPS) is 16.8. The van der Waals surface area contributed by atoms with Gasteiger partial charge in [-0.3, -0.25) is 0 Å². The first kappa shape index (κ1) is 56.7. The Morgan fingerprint density at radius 1 is 0.562 bits per heavy atom. The molecule has 2 aliphatic rings. The van der Waals surface area contributed by atoms with E-state index in [9.17, 15) is 0 Å². The van der Waals surface area contributed by atoms with Gasteiger partial charge in [0.15, 0.2) is 0 Å². The van der Waals surface area contributed by atoms with Gasteiger partial charge in [0.25, 0.3) is 0 Å². The molecule has 2 aromatic heterocycles. The predicted molar refractivity (Wildman–Crippen MR) is 333 cm³/mol. The standard InChI is InChI=1S/C74H80N4O.Pt/c1-44-30-47(4)64(48(5)31-44)51-34-52(36-57(35-51)79-63-42-62-60(33-46(63)3)72(15,16)61-41-55(71(12,13)14)40-58-59-32-45(2)43-75-68(59)77(62)66(58)61)67-76-73(17,18)74(19,65(49-26-22-20-23-27-49)50-28-24-21-25-29-50)78(67)56-38-53(69(6,7)8)37-54(39-56)70(9,10)11;/h20-35,37-41,43,65H,1-19H3;/q-2;+2/t74-;/m0./s1. The number of anilines is 1. The minimum absolute atomic E-state index is 0. The molecular weight excluding hydrogens is 1160 g/mol. The molecular formula is C74H80N4OPt. The van der Waals surface area contributed by atoms with Crippen molar-refractivity contribution in [2.45, 2.75) is 170 Å². The zero-order valence-electron chi connectivity index (χ0n) is 50.8. The number of aryl methyl sites for hydroxylation is 5. The van der Waals surface area contributed by atoms with E-state index in [1.54, 1.807) is 0 Å². The number of hydrogen-bond donors (Lipinski definition) is 0. The molecule has 4 heterocycles. The van der Waals surface area contributed by atoms with Crippen molar-refractivity contribution < 1.29 is 25.8 Å². The maximum Gasteiger partial charge on any atom is 2.00 e. The first-order valence-electron chi connectivity index (χ1n) is 28.5. The van der Waals surface area contributed by atoms with Gasteiger partial charge in [0.2, 0.25) is 0 Å². The van der Waals surface area contributed by atoms with Crippen LogP contribution >= 0.6 is 0 Å². The number of hydrogen-bond acceptors (Lipinski definition) is 4. The molecule has 0 amide bonds. The third-order valence-corrected chi connectivity index (χ3v) is 17.8. The second-order valence-corrected chi connectivity index (χ2v) is 27.6. The summed E-state index contributed by atoms with van der Waals surface area (Å²) in [5.74, 6) is 2.01.